The first-order valence-electron chi connectivity index (χ1n) is 6.60. The van der Waals surface area contributed by atoms with Gasteiger partial charge in [0.1, 0.15) is 16.7 Å². The van der Waals surface area contributed by atoms with Crippen LogP contribution in [-0.2, 0) is 0 Å². The highest BCUT2D eigenvalue weighted by atomic mass is 35.5. The lowest BCUT2D eigenvalue weighted by molar-refractivity contribution is 0.482. The Morgan fingerprint density at radius 1 is 0.810 bits per heavy atom. The first-order chi connectivity index (χ1) is 10.3. The van der Waals surface area contributed by atoms with E-state index in [2.05, 4.69) is 4.98 Å². The predicted octanol–water partition coefficient (Wildman–Crippen LogP) is 5.13. The van der Waals surface area contributed by atoms with Crippen molar-refractivity contribution < 1.29 is 4.74 Å². The maximum atomic E-state index is 5.89. The van der Waals surface area contributed by atoms with E-state index in [4.69, 9.17) is 16.3 Å². The van der Waals surface area contributed by atoms with E-state index >= 15 is 0 Å². The first-order valence-corrected chi connectivity index (χ1v) is 6.98. The second-order valence-electron chi connectivity index (χ2n) is 4.52. The van der Waals surface area contributed by atoms with Gasteiger partial charge in [-0.05, 0) is 42.0 Å². The molecule has 1 heterocycles. The second-order valence-corrected chi connectivity index (χ2v) is 4.90. The van der Waals surface area contributed by atoms with Gasteiger partial charge in [-0.3, -0.25) is 0 Å². The molecule has 0 saturated carbocycles. The van der Waals surface area contributed by atoms with Crippen molar-refractivity contribution in [3.05, 3.63) is 95.6 Å². The highest BCUT2D eigenvalue weighted by Crippen LogP contribution is 2.23. The molecule has 3 aromatic rings. The zero-order chi connectivity index (χ0) is 14.5. The van der Waals surface area contributed by atoms with Crippen LogP contribution in [0.5, 0.6) is 11.5 Å². The zero-order valence-electron chi connectivity index (χ0n) is 11.2. The fourth-order valence-corrected chi connectivity index (χ4v) is 2.14. The topological polar surface area (TPSA) is 22.1 Å². The summed E-state index contributed by atoms with van der Waals surface area (Å²) >= 11 is 5.89. The van der Waals surface area contributed by atoms with Gasteiger partial charge in [-0.1, -0.05) is 48.0 Å². The number of pyridine rings is 1. The molecule has 3 heteroatoms. The Kier molecular flexibility index (Phi) is 4.17. The summed E-state index contributed by atoms with van der Waals surface area (Å²) < 4.78 is 5.81. The highest BCUT2D eigenvalue weighted by Gasteiger charge is 2.02. The van der Waals surface area contributed by atoms with Gasteiger partial charge in [0.25, 0.3) is 0 Å². The van der Waals surface area contributed by atoms with E-state index in [1.807, 2.05) is 73.2 Å². The number of halogens is 1. The number of rotatable bonds is 4. The number of ether oxygens (including phenoxy) is 1. The molecule has 0 bridgehead atoms. The van der Waals surface area contributed by atoms with Crippen molar-refractivity contribution >= 4 is 11.6 Å². The summed E-state index contributed by atoms with van der Waals surface area (Å²) in [7, 11) is 0. The molecule has 0 atom stereocenters. The van der Waals surface area contributed by atoms with E-state index in [1.54, 1.807) is 6.07 Å². The molecule has 0 aliphatic carbocycles. The minimum Gasteiger partial charge on any atom is -0.457 e. The molecule has 103 valence electrons. The van der Waals surface area contributed by atoms with Crippen LogP contribution in [-0.4, -0.2) is 4.98 Å². The van der Waals surface area contributed by atoms with Crippen LogP contribution in [0.2, 0.25) is 5.15 Å². The van der Waals surface area contributed by atoms with E-state index in [0.717, 1.165) is 22.8 Å². The summed E-state index contributed by atoms with van der Waals surface area (Å²) in [4.78, 5) is 4.25. The van der Waals surface area contributed by atoms with Crippen LogP contribution in [0.15, 0.2) is 72.8 Å². The fourth-order valence-electron chi connectivity index (χ4n) is 1.97. The summed E-state index contributed by atoms with van der Waals surface area (Å²) in [6.45, 7) is 0. The average Bonchev–Trinajstić information content (AvgIpc) is 2.49. The van der Waals surface area contributed by atoms with Crippen LogP contribution >= 0.6 is 11.6 Å². The molecule has 0 aliphatic heterocycles. The van der Waals surface area contributed by atoms with Gasteiger partial charge in [0.15, 0.2) is 0 Å². The van der Waals surface area contributed by atoms with Crippen LogP contribution in [0.1, 0.15) is 11.3 Å². The maximum absolute atomic E-state index is 5.89. The Bertz CT molecular complexity index is 728. The Morgan fingerprint density at radius 3 is 2.38 bits per heavy atom. The molecule has 0 fully saturated rings. The van der Waals surface area contributed by atoms with Crippen LogP contribution in [0.4, 0.5) is 0 Å². The monoisotopic (exact) mass is 294 g/mol. The minimum absolute atomic E-state index is 0.487. The lowest BCUT2D eigenvalue weighted by atomic mass is 10.1. The van der Waals surface area contributed by atoms with Gasteiger partial charge in [0.05, 0.1) is 5.69 Å². The van der Waals surface area contributed by atoms with Crippen LogP contribution in [0, 0.1) is 6.42 Å². The number of hydrogen-bond acceptors (Lipinski definition) is 2. The number of nitrogens with zero attached hydrogens (tertiary/aromatic N) is 1. The van der Waals surface area contributed by atoms with Gasteiger partial charge in [-0.25, -0.2) is 4.98 Å². The van der Waals surface area contributed by atoms with Crippen molar-refractivity contribution in [3.8, 4) is 11.5 Å². The molecule has 2 aromatic carbocycles. The Hall–Kier alpha value is -2.32. The van der Waals surface area contributed by atoms with Gasteiger partial charge in [0, 0.05) is 6.42 Å². The molecular weight excluding hydrogens is 282 g/mol. The second kappa shape index (κ2) is 6.42. The Labute approximate surface area is 129 Å². The van der Waals surface area contributed by atoms with Crippen LogP contribution < -0.4 is 4.74 Å². The molecule has 0 saturated heterocycles. The van der Waals surface area contributed by atoms with Crippen LogP contribution in [0.25, 0.3) is 0 Å². The number of aromatic nitrogens is 1. The quantitative estimate of drug-likeness (QED) is 0.622. The Morgan fingerprint density at radius 2 is 1.57 bits per heavy atom. The minimum atomic E-state index is 0.487. The largest absolute Gasteiger partial charge is 0.457 e. The SMILES string of the molecule is Clc1cccc([CH]c2cccc(Oc3ccccc3)c2)n1. The third-order valence-electron chi connectivity index (χ3n) is 2.89. The molecule has 0 N–H and O–H groups in total. The molecule has 0 aliphatic rings. The lowest BCUT2D eigenvalue weighted by Crippen LogP contribution is -1.90. The summed E-state index contributed by atoms with van der Waals surface area (Å²) in [6, 6.07) is 23.1. The molecule has 21 heavy (non-hydrogen) atoms. The third kappa shape index (κ3) is 3.83. The van der Waals surface area contributed by atoms with Crippen LogP contribution in [0.3, 0.4) is 0 Å². The van der Waals surface area contributed by atoms with Gasteiger partial charge in [-0.2, -0.15) is 0 Å². The van der Waals surface area contributed by atoms with Gasteiger partial charge < -0.3 is 4.74 Å². The smallest absolute Gasteiger partial charge is 0.129 e. The van der Waals surface area contributed by atoms with E-state index in [9.17, 15) is 0 Å². The first kappa shape index (κ1) is 13.7. The van der Waals surface area contributed by atoms with E-state index in [1.165, 1.54) is 0 Å². The standard InChI is InChI=1S/C18H13ClNO/c19-18-11-5-7-15(20-18)12-14-6-4-10-17(13-14)21-16-8-2-1-3-9-16/h1-13H. The normalized spacial score (nSPS) is 10.3. The maximum Gasteiger partial charge on any atom is 0.129 e. The molecule has 1 radical (unpaired) electrons. The molecule has 0 amide bonds. The van der Waals surface area contributed by atoms with Gasteiger partial charge in [-0.15, -0.1) is 0 Å². The van der Waals surface area contributed by atoms with E-state index in [-0.39, 0.29) is 0 Å². The predicted molar refractivity (Wildman–Crippen MR) is 84.7 cm³/mol. The zero-order valence-corrected chi connectivity index (χ0v) is 12.0. The molecule has 0 spiro atoms. The highest BCUT2D eigenvalue weighted by molar-refractivity contribution is 6.29. The lowest BCUT2D eigenvalue weighted by Gasteiger charge is -2.07. The summed E-state index contributed by atoms with van der Waals surface area (Å²) in [5.41, 5.74) is 1.83. The summed E-state index contributed by atoms with van der Waals surface area (Å²) in [5, 5.41) is 0.487. The van der Waals surface area contributed by atoms with Gasteiger partial charge in [0.2, 0.25) is 0 Å². The fraction of sp³-hybridized carbons (Fsp3) is 0. The third-order valence-corrected chi connectivity index (χ3v) is 3.10. The van der Waals surface area contributed by atoms with E-state index in [0.29, 0.717) is 5.15 Å². The summed E-state index contributed by atoms with van der Waals surface area (Å²) in [5.74, 6) is 1.60. The molecule has 0 unspecified atom stereocenters. The molecule has 3 rings (SSSR count). The number of para-hydroxylation sites is 1. The van der Waals surface area contributed by atoms with Crippen molar-refractivity contribution in [2.75, 3.05) is 0 Å². The van der Waals surface area contributed by atoms with Crippen molar-refractivity contribution in [2.24, 2.45) is 0 Å². The number of benzene rings is 2. The average molecular weight is 295 g/mol. The molecule has 1 aromatic heterocycles. The van der Waals surface area contributed by atoms with Crippen molar-refractivity contribution in [3.63, 3.8) is 0 Å². The Balaban J connectivity index is 1.77. The van der Waals surface area contributed by atoms with E-state index < -0.39 is 0 Å². The molecule has 2 nitrogen and oxygen atoms in total. The van der Waals surface area contributed by atoms with Gasteiger partial charge >= 0.3 is 0 Å². The molecular formula is C18H13ClNO. The summed E-state index contributed by atoms with van der Waals surface area (Å²) in [6.07, 6.45) is 1.96. The van der Waals surface area contributed by atoms with Crippen molar-refractivity contribution in [2.45, 2.75) is 0 Å². The van der Waals surface area contributed by atoms with Crippen molar-refractivity contribution in [1.82, 2.24) is 4.98 Å². The van der Waals surface area contributed by atoms with Crippen molar-refractivity contribution in [1.29, 1.82) is 0 Å². The number of hydrogen-bond donors (Lipinski definition) is 0.